The van der Waals surface area contributed by atoms with Crippen LogP contribution < -0.4 is 10.6 Å². The number of hydrogen-bond donors (Lipinski definition) is 3. The number of nitrogens with one attached hydrogen (secondary N) is 2. The molecule has 0 aromatic rings. The van der Waals surface area contributed by atoms with Crippen molar-refractivity contribution in [2.75, 3.05) is 25.6 Å². The number of nitrogens with zero attached hydrogens (tertiary/aromatic N) is 1. The molecule has 0 saturated carbocycles. The minimum Gasteiger partial charge on any atom is -0.480 e. The molecule has 0 aromatic carbocycles. The van der Waals surface area contributed by atoms with Gasteiger partial charge in [0.1, 0.15) is 12.1 Å². The van der Waals surface area contributed by atoms with Gasteiger partial charge >= 0.3 is 12.0 Å². The number of amides is 3. The summed E-state index contributed by atoms with van der Waals surface area (Å²) < 4.78 is 0. The second-order valence-electron chi connectivity index (χ2n) is 4.39. The summed E-state index contributed by atoms with van der Waals surface area (Å²) in [5, 5.41) is 13.9. The predicted octanol–water partition coefficient (Wildman–Crippen LogP) is -0.277. The summed E-state index contributed by atoms with van der Waals surface area (Å²) in [7, 11) is 1.67. The summed E-state index contributed by atoms with van der Waals surface area (Å²) in [5.41, 5.74) is 0. The van der Waals surface area contributed by atoms with Gasteiger partial charge in [-0.25, -0.2) is 9.59 Å². The number of carboxylic acids is 1. The van der Waals surface area contributed by atoms with Crippen LogP contribution in [-0.2, 0) is 9.59 Å². The molecule has 0 aromatic heterocycles. The zero-order valence-electron chi connectivity index (χ0n) is 11.0. The van der Waals surface area contributed by atoms with Crippen LogP contribution in [0.25, 0.3) is 0 Å². The van der Waals surface area contributed by atoms with Crippen LogP contribution in [-0.4, -0.2) is 65.6 Å². The van der Waals surface area contributed by atoms with E-state index in [2.05, 4.69) is 10.6 Å². The monoisotopic (exact) mass is 289 g/mol. The Hall–Kier alpha value is -1.44. The Bertz CT molecular complexity index is 364. The Balaban J connectivity index is 2.44. The van der Waals surface area contributed by atoms with E-state index in [1.807, 2.05) is 6.26 Å². The van der Waals surface area contributed by atoms with Crippen molar-refractivity contribution >= 4 is 29.7 Å². The van der Waals surface area contributed by atoms with Crippen molar-refractivity contribution < 1.29 is 19.5 Å². The molecule has 1 fully saturated rings. The summed E-state index contributed by atoms with van der Waals surface area (Å²) in [4.78, 5) is 35.8. The van der Waals surface area contributed by atoms with Crippen LogP contribution in [0.1, 0.15) is 12.8 Å². The van der Waals surface area contributed by atoms with Crippen molar-refractivity contribution in [1.29, 1.82) is 0 Å². The van der Waals surface area contributed by atoms with Gasteiger partial charge in [-0.05, 0) is 24.9 Å². The highest BCUT2D eigenvalue weighted by atomic mass is 32.2. The lowest BCUT2D eigenvalue weighted by Crippen LogP contribution is -2.50. The SMILES string of the molecule is CSCCC(NC(=O)NC1CCN(C)C1=O)C(=O)O. The number of thioether (sulfide) groups is 1. The molecular weight excluding hydrogens is 270 g/mol. The Kier molecular flexibility index (Phi) is 5.94. The van der Waals surface area contributed by atoms with Gasteiger partial charge in [0, 0.05) is 13.6 Å². The molecule has 1 saturated heterocycles. The van der Waals surface area contributed by atoms with Crippen molar-refractivity contribution in [2.24, 2.45) is 0 Å². The zero-order valence-corrected chi connectivity index (χ0v) is 11.8. The molecule has 2 unspecified atom stereocenters. The van der Waals surface area contributed by atoms with Crippen LogP contribution >= 0.6 is 11.8 Å². The van der Waals surface area contributed by atoms with E-state index in [0.29, 0.717) is 25.1 Å². The topological polar surface area (TPSA) is 98.7 Å². The summed E-state index contributed by atoms with van der Waals surface area (Å²) in [6, 6.07) is -2.09. The van der Waals surface area contributed by atoms with Crippen LogP contribution in [0.4, 0.5) is 4.79 Å². The molecular formula is C11H19N3O4S. The van der Waals surface area contributed by atoms with E-state index in [1.165, 1.54) is 16.7 Å². The van der Waals surface area contributed by atoms with Gasteiger partial charge in [-0.2, -0.15) is 11.8 Å². The molecule has 1 rings (SSSR count). The molecule has 0 radical (unpaired) electrons. The van der Waals surface area contributed by atoms with E-state index >= 15 is 0 Å². The van der Waals surface area contributed by atoms with Gasteiger partial charge in [0.05, 0.1) is 0 Å². The number of carboxylic acid groups (broad SMARTS) is 1. The Morgan fingerprint density at radius 2 is 2.26 bits per heavy atom. The largest absolute Gasteiger partial charge is 0.480 e. The van der Waals surface area contributed by atoms with E-state index in [1.54, 1.807) is 7.05 Å². The zero-order chi connectivity index (χ0) is 14.4. The quantitative estimate of drug-likeness (QED) is 0.625. The predicted molar refractivity (Wildman–Crippen MR) is 72.1 cm³/mol. The number of carbonyl (C=O) groups excluding carboxylic acids is 2. The fourth-order valence-corrected chi connectivity index (χ4v) is 2.28. The Morgan fingerprint density at radius 3 is 2.74 bits per heavy atom. The average molecular weight is 289 g/mol. The molecule has 1 aliphatic heterocycles. The first-order valence-corrected chi connectivity index (χ1v) is 7.38. The highest BCUT2D eigenvalue weighted by Crippen LogP contribution is 2.08. The Labute approximate surface area is 116 Å². The fraction of sp³-hybridized carbons (Fsp3) is 0.727. The van der Waals surface area contributed by atoms with E-state index in [9.17, 15) is 14.4 Å². The number of carbonyl (C=O) groups is 3. The van der Waals surface area contributed by atoms with E-state index in [4.69, 9.17) is 5.11 Å². The molecule has 2 atom stereocenters. The van der Waals surface area contributed by atoms with Crippen LogP contribution in [0.15, 0.2) is 0 Å². The highest BCUT2D eigenvalue weighted by molar-refractivity contribution is 7.98. The molecule has 108 valence electrons. The van der Waals surface area contributed by atoms with Crippen molar-refractivity contribution in [3.05, 3.63) is 0 Å². The number of hydrogen-bond acceptors (Lipinski definition) is 4. The van der Waals surface area contributed by atoms with E-state index in [-0.39, 0.29) is 5.91 Å². The van der Waals surface area contributed by atoms with Crippen molar-refractivity contribution in [3.8, 4) is 0 Å². The van der Waals surface area contributed by atoms with Gasteiger partial charge < -0.3 is 20.6 Å². The van der Waals surface area contributed by atoms with Gasteiger partial charge in [-0.1, -0.05) is 0 Å². The summed E-state index contributed by atoms with van der Waals surface area (Å²) in [5.74, 6) is -0.576. The minimum absolute atomic E-state index is 0.147. The molecule has 3 N–H and O–H groups in total. The molecule has 0 aliphatic carbocycles. The molecule has 1 heterocycles. The van der Waals surface area contributed by atoms with Crippen LogP contribution in [0.2, 0.25) is 0 Å². The average Bonchev–Trinajstić information content (AvgIpc) is 2.66. The Morgan fingerprint density at radius 1 is 1.58 bits per heavy atom. The summed E-state index contributed by atoms with van der Waals surface area (Å²) in [6.45, 7) is 0.596. The van der Waals surface area contributed by atoms with Crippen LogP contribution in [0, 0.1) is 0 Å². The highest BCUT2D eigenvalue weighted by Gasteiger charge is 2.31. The third-order valence-corrected chi connectivity index (χ3v) is 3.59. The molecule has 8 heteroatoms. The molecule has 19 heavy (non-hydrogen) atoms. The van der Waals surface area contributed by atoms with E-state index < -0.39 is 24.1 Å². The first kappa shape index (κ1) is 15.6. The number of likely N-dealkylation sites (N-methyl/N-ethyl adjacent to an activating group) is 1. The number of urea groups is 1. The van der Waals surface area contributed by atoms with Crippen molar-refractivity contribution in [1.82, 2.24) is 15.5 Å². The molecule has 0 bridgehead atoms. The number of likely N-dealkylation sites (tertiary alicyclic amines) is 1. The normalized spacial score (nSPS) is 20.2. The minimum atomic E-state index is -1.07. The second-order valence-corrected chi connectivity index (χ2v) is 5.38. The first-order valence-electron chi connectivity index (χ1n) is 5.99. The summed E-state index contributed by atoms with van der Waals surface area (Å²) in [6.07, 6.45) is 2.76. The lowest BCUT2D eigenvalue weighted by Gasteiger charge is -2.17. The van der Waals surface area contributed by atoms with Gasteiger partial charge in [0.15, 0.2) is 0 Å². The first-order chi connectivity index (χ1) is 8.95. The standard InChI is InChI=1S/C11H19N3O4S/c1-14-5-3-7(9(14)15)12-11(18)13-8(10(16)17)4-6-19-2/h7-8H,3-6H2,1-2H3,(H,16,17)(H2,12,13,18). The third kappa shape index (κ3) is 4.62. The fourth-order valence-electron chi connectivity index (χ4n) is 1.81. The van der Waals surface area contributed by atoms with Crippen molar-refractivity contribution in [2.45, 2.75) is 24.9 Å². The molecule has 0 spiro atoms. The van der Waals surface area contributed by atoms with E-state index in [0.717, 1.165) is 0 Å². The maximum atomic E-state index is 11.7. The van der Waals surface area contributed by atoms with Crippen LogP contribution in [0.5, 0.6) is 0 Å². The molecule has 3 amide bonds. The van der Waals surface area contributed by atoms with Gasteiger partial charge in [-0.15, -0.1) is 0 Å². The van der Waals surface area contributed by atoms with Gasteiger partial charge in [-0.3, -0.25) is 4.79 Å². The molecule has 7 nitrogen and oxygen atoms in total. The van der Waals surface area contributed by atoms with Gasteiger partial charge in [0.25, 0.3) is 0 Å². The lowest BCUT2D eigenvalue weighted by molar-refractivity contribution is -0.139. The summed E-state index contributed by atoms with van der Waals surface area (Å²) >= 11 is 1.51. The second kappa shape index (κ2) is 7.22. The maximum Gasteiger partial charge on any atom is 0.326 e. The number of aliphatic carboxylic acids is 1. The van der Waals surface area contributed by atoms with Crippen molar-refractivity contribution in [3.63, 3.8) is 0 Å². The van der Waals surface area contributed by atoms with Gasteiger partial charge in [0.2, 0.25) is 5.91 Å². The molecule has 1 aliphatic rings. The smallest absolute Gasteiger partial charge is 0.326 e. The maximum absolute atomic E-state index is 11.7. The lowest BCUT2D eigenvalue weighted by atomic mass is 10.2. The third-order valence-electron chi connectivity index (χ3n) is 2.95. The number of rotatable bonds is 6. The van der Waals surface area contributed by atoms with Crippen LogP contribution in [0.3, 0.4) is 0 Å².